The van der Waals surface area contributed by atoms with Crippen molar-refractivity contribution in [2.45, 2.75) is 13.0 Å². The third kappa shape index (κ3) is 5.25. The molecule has 2 heterocycles. The SMILES string of the molecule is COC(=O)COc1ccc(/C=C2\SC(=O)N(CC(=O)N3CCc4ccccc4C3)C2=O)cc1. The Hall–Kier alpha value is -3.59. The van der Waals surface area contributed by atoms with E-state index in [-0.39, 0.29) is 24.0 Å². The number of carbonyl (C=O) groups excluding carboxylic acids is 4. The maximum absolute atomic E-state index is 12.8. The number of fused-ring (bicyclic) bond motifs is 1. The lowest BCUT2D eigenvalue weighted by atomic mass is 10.00. The van der Waals surface area contributed by atoms with E-state index in [9.17, 15) is 19.2 Å². The number of rotatable bonds is 6. The number of ether oxygens (including phenoxy) is 2. The van der Waals surface area contributed by atoms with Crippen LogP contribution in [0.2, 0.25) is 0 Å². The van der Waals surface area contributed by atoms with Crippen molar-refractivity contribution in [1.29, 1.82) is 0 Å². The average molecular weight is 467 g/mol. The van der Waals surface area contributed by atoms with Crippen molar-refractivity contribution in [3.63, 3.8) is 0 Å². The molecular formula is C24H22N2O6S. The van der Waals surface area contributed by atoms with E-state index in [4.69, 9.17) is 4.74 Å². The van der Waals surface area contributed by atoms with Crippen LogP contribution in [-0.2, 0) is 32.1 Å². The number of esters is 1. The van der Waals surface area contributed by atoms with Crippen molar-refractivity contribution in [3.8, 4) is 5.75 Å². The summed E-state index contributed by atoms with van der Waals surface area (Å²) in [5.74, 6) is -0.752. The maximum atomic E-state index is 12.8. The Labute approximate surface area is 195 Å². The summed E-state index contributed by atoms with van der Waals surface area (Å²) in [6.07, 6.45) is 2.35. The summed E-state index contributed by atoms with van der Waals surface area (Å²) in [6.45, 7) is 0.563. The third-order valence-corrected chi connectivity index (χ3v) is 6.32. The molecule has 9 heteroatoms. The molecule has 0 bridgehead atoms. The number of hydrogen-bond acceptors (Lipinski definition) is 7. The normalized spacial score (nSPS) is 16.7. The average Bonchev–Trinajstić information content (AvgIpc) is 3.10. The molecule has 0 atom stereocenters. The molecule has 170 valence electrons. The predicted octanol–water partition coefficient (Wildman–Crippen LogP) is 2.86. The molecule has 0 spiro atoms. The molecule has 4 rings (SSSR count). The lowest BCUT2D eigenvalue weighted by molar-refractivity contribution is -0.143. The number of methoxy groups -OCH3 is 1. The fourth-order valence-corrected chi connectivity index (χ4v) is 4.43. The summed E-state index contributed by atoms with van der Waals surface area (Å²) in [5, 5.41) is -0.463. The third-order valence-electron chi connectivity index (χ3n) is 5.41. The van der Waals surface area contributed by atoms with E-state index in [0.29, 0.717) is 24.4 Å². The lowest BCUT2D eigenvalue weighted by Gasteiger charge is -2.29. The number of nitrogens with zero attached hydrogens (tertiary/aromatic N) is 2. The number of benzene rings is 2. The smallest absolute Gasteiger partial charge is 0.343 e. The summed E-state index contributed by atoms with van der Waals surface area (Å²) in [5.41, 5.74) is 2.99. The first-order chi connectivity index (χ1) is 15.9. The second-order valence-corrected chi connectivity index (χ2v) is 8.53. The highest BCUT2D eigenvalue weighted by Gasteiger charge is 2.37. The summed E-state index contributed by atoms with van der Waals surface area (Å²) in [4.78, 5) is 52.1. The van der Waals surface area contributed by atoms with Crippen molar-refractivity contribution in [3.05, 3.63) is 70.1 Å². The molecular weight excluding hydrogens is 444 g/mol. The van der Waals surface area contributed by atoms with E-state index >= 15 is 0 Å². The molecule has 8 nitrogen and oxygen atoms in total. The minimum absolute atomic E-state index is 0.203. The molecule has 0 aromatic heterocycles. The monoisotopic (exact) mass is 466 g/mol. The Kier molecular flexibility index (Phi) is 6.79. The van der Waals surface area contributed by atoms with Crippen LogP contribution in [0, 0.1) is 0 Å². The summed E-state index contributed by atoms with van der Waals surface area (Å²) in [7, 11) is 1.28. The van der Waals surface area contributed by atoms with Gasteiger partial charge in [-0.05, 0) is 53.1 Å². The van der Waals surface area contributed by atoms with Gasteiger partial charge in [-0.1, -0.05) is 36.4 Å². The minimum Gasteiger partial charge on any atom is -0.482 e. The number of carbonyl (C=O) groups is 4. The second kappa shape index (κ2) is 9.91. The van der Waals surface area contributed by atoms with Gasteiger partial charge in [0.2, 0.25) is 5.91 Å². The topological polar surface area (TPSA) is 93.2 Å². The largest absolute Gasteiger partial charge is 0.482 e. The van der Waals surface area contributed by atoms with Gasteiger partial charge in [0, 0.05) is 13.1 Å². The van der Waals surface area contributed by atoms with Crippen LogP contribution in [0.5, 0.6) is 5.75 Å². The van der Waals surface area contributed by atoms with Crippen molar-refractivity contribution >= 4 is 40.9 Å². The van der Waals surface area contributed by atoms with Crippen LogP contribution in [0.3, 0.4) is 0 Å². The van der Waals surface area contributed by atoms with Crippen LogP contribution in [0.15, 0.2) is 53.4 Å². The molecule has 2 aliphatic heterocycles. The van der Waals surface area contributed by atoms with E-state index in [1.165, 1.54) is 12.7 Å². The Morgan fingerprint density at radius 2 is 1.79 bits per heavy atom. The molecule has 33 heavy (non-hydrogen) atoms. The van der Waals surface area contributed by atoms with Gasteiger partial charge in [0.15, 0.2) is 6.61 Å². The number of amides is 3. The Balaban J connectivity index is 1.38. The number of imide groups is 1. The second-order valence-electron chi connectivity index (χ2n) is 7.54. The number of thioether (sulfide) groups is 1. The summed E-state index contributed by atoms with van der Waals surface area (Å²) < 4.78 is 9.81. The highest BCUT2D eigenvalue weighted by molar-refractivity contribution is 8.18. The standard InChI is InChI=1S/C24H22N2O6S/c1-31-22(28)15-32-19-8-6-16(7-9-19)12-20-23(29)26(24(30)33-20)14-21(27)25-11-10-17-4-2-3-5-18(17)13-25/h2-9,12H,10-11,13-15H2,1H3/b20-12-. The van der Waals surface area contributed by atoms with Crippen LogP contribution in [0.4, 0.5) is 4.79 Å². The quantitative estimate of drug-likeness (QED) is 0.477. The van der Waals surface area contributed by atoms with Gasteiger partial charge in [0.1, 0.15) is 12.3 Å². The Morgan fingerprint density at radius 3 is 2.52 bits per heavy atom. The van der Waals surface area contributed by atoms with Gasteiger partial charge in [-0.15, -0.1) is 0 Å². The van der Waals surface area contributed by atoms with E-state index in [2.05, 4.69) is 10.8 Å². The first-order valence-corrected chi connectivity index (χ1v) is 11.2. The molecule has 2 aromatic rings. The van der Waals surface area contributed by atoms with Crippen molar-refractivity contribution < 1.29 is 28.7 Å². The van der Waals surface area contributed by atoms with Crippen molar-refractivity contribution in [1.82, 2.24) is 9.80 Å². The predicted molar refractivity (Wildman–Crippen MR) is 122 cm³/mol. The summed E-state index contributed by atoms with van der Waals surface area (Å²) in [6, 6.07) is 14.7. The van der Waals surface area contributed by atoms with Gasteiger partial charge in [-0.3, -0.25) is 19.3 Å². The minimum atomic E-state index is -0.490. The molecule has 0 saturated carbocycles. The van der Waals surface area contributed by atoms with Crippen LogP contribution in [0.25, 0.3) is 6.08 Å². The molecule has 1 fully saturated rings. The molecule has 0 unspecified atom stereocenters. The van der Waals surface area contributed by atoms with Crippen molar-refractivity contribution in [2.75, 3.05) is 26.8 Å². The Morgan fingerprint density at radius 1 is 1.06 bits per heavy atom. The van der Waals surface area contributed by atoms with Crippen LogP contribution < -0.4 is 4.74 Å². The highest BCUT2D eigenvalue weighted by Crippen LogP contribution is 2.32. The van der Waals surface area contributed by atoms with E-state index in [1.807, 2.05) is 18.2 Å². The lowest BCUT2D eigenvalue weighted by Crippen LogP contribution is -2.44. The highest BCUT2D eigenvalue weighted by atomic mass is 32.2. The van der Waals surface area contributed by atoms with Gasteiger partial charge >= 0.3 is 5.97 Å². The molecule has 0 N–H and O–H groups in total. The van der Waals surface area contributed by atoms with Gasteiger partial charge in [-0.2, -0.15) is 0 Å². The fraction of sp³-hybridized carbons (Fsp3) is 0.250. The van der Waals surface area contributed by atoms with Crippen LogP contribution in [-0.4, -0.2) is 59.6 Å². The van der Waals surface area contributed by atoms with Gasteiger partial charge in [0.05, 0.1) is 12.0 Å². The van der Waals surface area contributed by atoms with Crippen LogP contribution in [0.1, 0.15) is 16.7 Å². The van der Waals surface area contributed by atoms with Crippen molar-refractivity contribution in [2.24, 2.45) is 0 Å². The van der Waals surface area contributed by atoms with Crippen LogP contribution >= 0.6 is 11.8 Å². The van der Waals surface area contributed by atoms with E-state index in [0.717, 1.165) is 28.6 Å². The first kappa shape index (κ1) is 22.6. The molecule has 0 aliphatic carbocycles. The van der Waals surface area contributed by atoms with Gasteiger partial charge in [-0.25, -0.2) is 4.79 Å². The van der Waals surface area contributed by atoms with E-state index < -0.39 is 17.1 Å². The fourth-order valence-electron chi connectivity index (χ4n) is 3.59. The summed E-state index contributed by atoms with van der Waals surface area (Å²) >= 11 is 0.811. The Bertz CT molecular complexity index is 1130. The zero-order valence-electron chi connectivity index (χ0n) is 18.0. The molecule has 1 saturated heterocycles. The molecule has 3 amide bonds. The zero-order chi connectivity index (χ0) is 23.4. The molecule has 2 aromatic carbocycles. The maximum Gasteiger partial charge on any atom is 0.343 e. The van der Waals surface area contributed by atoms with Gasteiger partial charge < -0.3 is 14.4 Å². The van der Waals surface area contributed by atoms with E-state index in [1.54, 1.807) is 35.2 Å². The van der Waals surface area contributed by atoms with Gasteiger partial charge in [0.25, 0.3) is 11.1 Å². The zero-order valence-corrected chi connectivity index (χ0v) is 18.8. The molecule has 0 radical (unpaired) electrons. The number of hydrogen-bond donors (Lipinski definition) is 0. The first-order valence-electron chi connectivity index (χ1n) is 10.3. The molecule has 2 aliphatic rings.